The van der Waals surface area contributed by atoms with E-state index in [9.17, 15) is 9.18 Å². The minimum Gasteiger partial charge on any atom is -0.341 e. The van der Waals surface area contributed by atoms with E-state index in [0.29, 0.717) is 5.56 Å². The summed E-state index contributed by atoms with van der Waals surface area (Å²) in [6.45, 7) is 1.56. The number of benzene rings is 1. The molecule has 2 rings (SSSR count). The van der Waals surface area contributed by atoms with Crippen LogP contribution in [0.3, 0.4) is 0 Å². The van der Waals surface area contributed by atoms with Crippen LogP contribution in [0.4, 0.5) is 4.39 Å². The molecule has 1 aliphatic rings. The molecule has 1 saturated heterocycles. The van der Waals surface area contributed by atoms with Crippen LogP contribution in [-0.2, 0) is 4.79 Å². The average Bonchev–Trinajstić information content (AvgIpc) is 2.39. The maximum absolute atomic E-state index is 12.8. The van der Waals surface area contributed by atoms with Gasteiger partial charge >= 0.3 is 0 Å². The molecule has 1 fully saturated rings. The largest absolute Gasteiger partial charge is 0.341 e. The second-order valence-electron chi connectivity index (χ2n) is 4.30. The Balaban J connectivity index is 2.05. The van der Waals surface area contributed by atoms with Gasteiger partial charge < -0.3 is 4.90 Å². The molecule has 2 nitrogen and oxygen atoms in total. The summed E-state index contributed by atoms with van der Waals surface area (Å²) < 4.78 is 12.8. The second kappa shape index (κ2) is 5.50. The molecule has 0 aliphatic carbocycles. The highest BCUT2D eigenvalue weighted by Gasteiger charge is 2.24. The zero-order valence-electron chi connectivity index (χ0n) is 9.53. The van der Waals surface area contributed by atoms with Gasteiger partial charge in [0.15, 0.2) is 0 Å². The highest BCUT2D eigenvalue weighted by atomic mass is 35.5. The lowest BCUT2D eigenvalue weighted by atomic mass is 10.1. The normalized spacial score (nSPS) is 17.9. The van der Waals surface area contributed by atoms with E-state index in [1.54, 1.807) is 17.0 Å². The van der Waals surface area contributed by atoms with Gasteiger partial charge in [-0.15, -0.1) is 11.6 Å². The minimum atomic E-state index is -0.700. The lowest BCUT2D eigenvalue weighted by molar-refractivity contribution is -0.131. The summed E-state index contributed by atoms with van der Waals surface area (Å²) in [5, 5.41) is -0.700. The summed E-state index contributed by atoms with van der Waals surface area (Å²) in [6, 6.07) is 5.78. The van der Waals surface area contributed by atoms with Gasteiger partial charge in [-0.25, -0.2) is 4.39 Å². The third kappa shape index (κ3) is 2.97. The average molecular weight is 256 g/mol. The van der Waals surface area contributed by atoms with Gasteiger partial charge in [0.1, 0.15) is 11.2 Å². The molecule has 1 amide bonds. The fraction of sp³-hybridized carbons (Fsp3) is 0.462. The molecule has 92 valence electrons. The van der Waals surface area contributed by atoms with E-state index in [4.69, 9.17) is 11.6 Å². The molecule has 0 bridgehead atoms. The first-order chi connectivity index (χ1) is 8.18. The Morgan fingerprint density at radius 3 is 2.35 bits per heavy atom. The fourth-order valence-corrected chi connectivity index (χ4v) is 2.33. The summed E-state index contributed by atoms with van der Waals surface area (Å²) >= 11 is 6.13. The zero-order chi connectivity index (χ0) is 12.3. The summed E-state index contributed by atoms with van der Waals surface area (Å²) in [7, 11) is 0. The molecule has 1 aromatic carbocycles. The molecule has 1 atom stereocenters. The molecule has 4 heteroatoms. The van der Waals surface area contributed by atoms with Crippen LogP contribution in [0.15, 0.2) is 24.3 Å². The van der Waals surface area contributed by atoms with Crippen molar-refractivity contribution in [2.45, 2.75) is 24.6 Å². The highest BCUT2D eigenvalue weighted by molar-refractivity contribution is 6.30. The lowest BCUT2D eigenvalue weighted by Crippen LogP contribution is -2.37. The van der Waals surface area contributed by atoms with Crippen molar-refractivity contribution in [3.63, 3.8) is 0 Å². The van der Waals surface area contributed by atoms with E-state index in [-0.39, 0.29) is 11.7 Å². The molecule has 1 aliphatic heterocycles. The van der Waals surface area contributed by atoms with E-state index in [1.165, 1.54) is 18.6 Å². The molecular formula is C13H15ClFNO. The van der Waals surface area contributed by atoms with Crippen molar-refractivity contribution in [2.75, 3.05) is 13.1 Å². The van der Waals surface area contributed by atoms with Crippen LogP contribution < -0.4 is 0 Å². The molecule has 0 spiro atoms. The quantitative estimate of drug-likeness (QED) is 0.744. The SMILES string of the molecule is O=C(C(Cl)c1ccc(F)cc1)N1CCCCC1. The Labute approximate surface area is 105 Å². The van der Waals surface area contributed by atoms with Crippen LogP contribution in [-0.4, -0.2) is 23.9 Å². The summed E-state index contributed by atoms with van der Waals surface area (Å²) in [6.07, 6.45) is 3.25. The molecule has 0 radical (unpaired) electrons. The van der Waals surface area contributed by atoms with Crippen LogP contribution in [0.5, 0.6) is 0 Å². The second-order valence-corrected chi connectivity index (χ2v) is 4.74. The highest BCUT2D eigenvalue weighted by Crippen LogP contribution is 2.24. The van der Waals surface area contributed by atoms with Crippen molar-refractivity contribution < 1.29 is 9.18 Å². The molecule has 1 heterocycles. The van der Waals surface area contributed by atoms with E-state index < -0.39 is 5.38 Å². The first kappa shape index (κ1) is 12.4. The number of carbonyl (C=O) groups is 1. The standard InChI is InChI=1S/C13H15ClFNO/c14-12(10-4-6-11(15)7-5-10)13(17)16-8-2-1-3-9-16/h4-7,12H,1-3,8-9H2. The maximum Gasteiger partial charge on any atom is 0.245 e. The number of likely N-dealkylation sites (tertiary alicyclic amines) is 1. The van der Waals surface area contributed by atoms with Gasteiger partial charge in [-0.2, -0.15) is 0 Å². The monoisotopic (exact) mass is 255 g/mol. The number of nitrogens with zero attached hydrogens (tertiary/aromatic N) is 1. The van der Waals surface area contributed by atoms with Gasteiger partial charge in [0.05, 0.1) is 0 Å². The van der Waals surface area contributed by atoms with Crippen molar-refractivity contribution in [1.29, 1.82) is 0 Å². The Morgan fingerprint density at radius 2 is 1.76 bits per heavy atom. The first-order valence-corrected chi connectivity index (χ1v) is 6.30. The lowest BCUT2D eigenvalue weighted by Gasteiger charge is -2.28. The number of carbonyl (C=O) groups excluding carboxylic acids is 1. The van der Waals surface area contributed by atoms with Gasteiger partial charge in [0.25, 0.3) is 0 Å². The smallest absolute Gasteiger partial charge is 0.245 e. The number of hydrogen-bond acceptors (Lipinski definition) is 1. The summed E-state index contributed by atoms with van der Waals surface area (Å²) in [4.78, 5) is 13.9. The van der Waals surface area contributed by atoms with Crippen LogP contribution in [0.2, 0.25) is 0 Å². The fourth-order valence-electron chi connectivity index (χ4n) is 2.05. The number of rotatable bonds is 2. The predicted molar refractivity (Wildman–Crippen MR) is 65.4 cm³/mol. The molecule has 17 heavy (non-hydrogen) atoms. The Kier molecular flexibility index (Phi) is 4.00. The van der Waals surface area contributed by atoms with Crippen molar-refractivity contribution in [1.82, 2.24) is 4.90 Å². The van der Waals surface area contributed by atoms with E-state index in [1.807, 2.05) is 0 Å². The number of hydrogen-bond donors (Lipinski definition) is 0. The Hall–Kier alpha value is -1.09. The van der Waals surface area contributed by atoms with Gasteiger partial charge in [0.2, 0.25) is 5.91 Å². The van der Waals surface area contributed by atoms with Crippen molar-refractivity contribution >= 4 is 17.5 Å². The van der Waals surface area contributed by atoms with E-state index >= 15 is 0 Å². The number of piperidine rings is 1. The molecular weight excluding hydrogens is 241 g/mol. The number of alkyl halides is 1. The minimum absolute atomic E-state index is 0.0713. The van der Waals surface area contributed by atoms with Crippen molar-refractivity contribution in [3.8, 4) is 0 Å². The van der Waals surface area contributed by atoms with Crippen LogP contribution in [0.25, 0.3) is 0 Å². The van der Waals surface area contributed by atoms with Crippen LogP contribution in [0.1, 0.15) is 30.2 Å². The van der Waals surface area contributed by atoms with Crippen LogP contribution in [0, 0.1) is 5.82 Å². The van der Waals surface area contributed by atoms with Gasteiger partial charge in [-0.05, 0) is 37.0 Å². The van der Waals surface area contributed by atoms with Gasteiger partial charge in [-0.1, -0.05) is 12.1 Å². The van der Waals surface area contributed by atoms with Gasteiger partial charge in [-0.3, -0.25) is 4.79 Å². The van der Waals surface area contributed by atoms with E-state index in [2.05, 4.69) is 0 Å². The molecule has 0 saturated carbocycles. The Bertz CT molecular complexity index is 387. The first-order valence-electron chi connectivity index (χ1n) is 5.87. The van der Waals surface area contributed by atoms with Crippen LogP contribution >= 0.6 is 11.6 Å². The van der Waals surface area contributed by atoms with Crippen molar-refractivity contribution in [2.24, 2.45) is 0 Å². The topological polar surface area (TPSA) is 20.3 Å². The van der Waals surface area contributed by atoms with E-state index in [0.717, 1.165) is 25.9 Å². The molecule has 1 unspecified atom stereocenters. The molecule has 0 N–H and O–H groups in total. The molecule has 1 aromatic rings. The Morgan fingerprint density at radius 1 is 1.18 bits per heavy atom. The van der Waals surface area contributed by atoms with Gasteiger partial charge in [0, 0.05) is 13.1 Å². The third-order valence-electron chi connectivity index (χ3n) is 3.05. The number of amides is 1. The maximum atomic E-state index is 12.8. The van der Waals surface area contributed by atoms with Crippen molar-refractivity contribution in [3.05, 3.63) is 35.6 Å². The summed E-state index contributed by atoms with van der Waals surface area (Å²) in [5.41, 5.74) is 0.656. The summed E-state index contributed by atoms with van der Waals surface area (Å²) in [5.74, 6) is -0.388. The third-order valence-corrected chi connectivity index (χ3v) is 3.49. The molecule has 0 aromatic heterocycles. The zero-order valence-corrected chi connectivity index (χ0v) is 10.3. The predicted octanol–water partition coefficient (Wildman–Crippen LogP) is 3.12. The number of halogens is 2.